The fraction of sp³-hybridized carbons (Fsp3) is 0.143. The predicted molar refractivity (Wildman–Crippen MR) is 72.4 cm³/mol. The fourth-order valence-corrected chi connectivity index (χ4v) is 2.62. The second kappa shape index (κ2) is 5.67. The van der Waals surface area contributed by atoms with E-state index in [4.69, 9.17) is 10.2 Å². The summed E-state index contributed by atoms with van der Waals surface area (Å²) in [5, 5.41) is 19.6. The van der Waals surface area contributed by atoms with Gasteiger partial charge in [0.1, 0.15) is 0 Å². The van der Waals surface area contributed by atoms with Crippen LogP contribution in [0.1, 0.15) is 11.1 Å². The first-order valence-corrected chi connectivity index (χ1v) is 6.53. The molecule has 0 aliphatic carbocycles. The SMILES string of the molecule is O=C(O)Cc1cc(CC(=O)O)cc(-c2cccs2)c1. The van der Waals surface area contributed by atoms with Crippen LogP contribution in [0.15, 0.2) is 35.7 Å². The summed E-state index contributed by atoms with van der Waals surface area (Å²) in [6.45, 7) is 0. The summed E-state index contributed by atoms with van der Waals surface area (Å²) >= 11 is 1.54. The molecule has 0 amide bonds. The second-order valence-electron chi connectivity index (χ2n) is 4.16. The molecule has 0 unspecified atom stereocenters. The van der Waals surface area contributed by atoms with Crippen molar-refractivity contribution in [2.24, 2.45) is 0 Å². The van der Waals surface area contributed by atoms with Gasteiger partial charge in [0.15, 0.2) is 0 Å². The molecule has 0 fully saturated rings. The molecule has 0 spiro atoms. The summed E-state index contributed by atoms with van der Waals surface area (Å²) in [5.41, 5.74) is 2.11. The van der Waals surface area contributed by atoms with Crippen LogP contribution in [0.4, 0.5) is 0 Å². The zero-order chi connectivity index (χ0) is 13.8. The number of carbonyl (C=O) groups is 2. The van der Waals surface area contributed by atoms with E-state index >= 15 is 0 Å². The number of carboxylic acid groups (broad SMARTS) is 2. The molecular formula is C14H12O4S. The Morgan fingerprint density at radius 2 is 1.58 bits per heavy atom. The van der Waals surface area contributed by atoms with Crippen LogP contribution in [-0.4, -0.2) is 22.2 Å². The summed E-state index contributed by atoms with van der Waals surface area (Å²) in [5.74, 6) is -1.85. The van der Waals surface area contributed by atoms with Gasteiger partial charge in [-0.3, -0.25) is 9.59 Å². The minimum atomic E-state index is -0.926. The van der Waals surface area contributed by atoms with E-state index in [0.29, 0.717) is 11.1 Å². The summed E-state index contributed by atoms with van der Waals surface area (Å²) < 4.78 is 0. The zero-order valence-corrected chi connectivity index (χ0v) is 10.8. The largest absolute Gasteiger partial charge is 0.481 e. The van der Waals surface area contributed by atoms with Crippen LogP contribution in [0.2, 0.25) is 0 Å². The first kappa shape index (κ1) is 13.3. The minimum absolute atomic E-state index is 0.105. The molecule has 0 radical (unpaired) electrons. The Labute approximate surface area is 114 Å². The summed E-state index contributed by atoms with van der Waals surface area (Å²) in [7, 11) is 0. The Hall–Kier alpha value is -2.14. The maximum Gasteiger partial charge on any atom is 0.307 e. The van der Waals surface area contributed by atoms with Gasteiger partial charge in [0.05, 0.1) is 12.8 Å². The molecular weight excluding hydrogens is 264 g/mol. The average molecular weight is 276 g/mol. The molecule has 0 atom stereocenters. The van der Waals surface area contributed by atoms with E-state index in [9.17, 15) is 9.59 Å². The number of hydrogen-bond acceptors (Lipinski definition) is 3. The Kier molecular flexibility index (Phi) is 3.97. The van der Waals surface area contributed by atoms with Gasteiger partial charge in [0, 0.05) is 4.88 Å². The van der Waals surface area contributed by atoms with Crippen molar-refractivity contribution in [1.29, 1.82) is 0 Å². The van der Waals surface area contributed by atoms with Gasteiger partial charge in [-0.25, -0.2) is 0 Å². The van der Waals surface area contributed by atoms with E-state index in [0.717, 1.165) is 10.4 Å². The van der Waals surface area contributed by atoms with Gasteiger partial charge < -0.3 is 10.2 Å². The molecule has 1 aromatic carbocycles. The molecule has 1 heterocycles. The van der Waals surface area contributed by atoms with E-state index in [1.807, 2.05) is 17.5 Å². The number of carboxylic acids is 2. The molecule has 98 valence electrons. The first-order chi connectivity index (χ1) is 9.04. The van der Waals surface area contributed by atoms with Gasteiger partial charge in [0.2, 0.25) is 0 Å². The topological polar surface area (TPSA) is 74.6 Å². The quantitative estimate of drug-likeness (QED) is 0.880. The fourth-order valence-electron chi connectivity index (χ4n) is 1.90. The van der Waals surface area contributed by atoms with E-state index in [1.165, 1.54) is 11.3 Å². The Balaban J connectivity index is 2.42. The maximum atomic E-state index is 10.8. The van der Waals surface area contributed by atoms with Gasteiger partial charge in [-0.2, -0.15) is 0 Å². The summed E-state index contributed by atoms with van der Waals surface area (Å²) in [6, 6.07) is 9.06. The lowest BCUT2D eigenvalue weighted by Crippen LogP contribution is -2.04. The second-order valence-corrected chi connectivity index (χ2v) is 5.10. The molecule has 4 nitrogen and oxygen atoms in total. The van der Waals surface area contributed by atoms with Gasteiger partial charge >= 0.3 is 11.9 Å². The zero-order valence-electron chi connectivity index (χ0n) is 10.00. The molecule has 2 N–H and O–H groups in total. The van der Waals surface area contributed by atoms with E-state index in [-0.39, 0.29) is 12.8 Å². The van der Waals surface area contributed by atoms with Gasteiger partial charge in [-0.1, -0.05) is 12.1 Å². The van der Waals surface area contributed by atoms with E-state index in [2.05, 4.69) is 0 Å². The molecule has 0 aliphatic heterocycles. The molecule has 1 aromatic heterocycles. The van der Waals surface area contributed by atoms with Gasteiger partial charge in [-0.15, -0.1) is 11.3 Å². The Bertz CT molecular complexity index is 568. The van der Waals surface area contributed by atoms with Crippen molar-refractivity contribution in [1.82, 2.24) is 0 Å². The lowest BCUT2D eigenvalue weighted by molar-refractivity contribution is -0.137. The minimum Gasteiger partial charge on any atom is -0.481 e. The molecule has 2 rings (SSSR count). The third-order valence-corrected chi connectivity index (χ3v) is 3.49. The van der Waals surface area contributed by atoms with Crippen molar-refractivity contribution in [2.45, 2.75) is 12.8 Å². The van der Waals surface area contributed by atoms with Crippen molar-refractivity contribution >= 4 is 23.3 Å². The number of benzene rings is 1. The highest BCUT2D eigenvalue weighted by Crippen LogP contribution is 2.27. The van der Waals surface area contributed by atoms with Crippen molar-refractivity contribution in [3.63, 3.8) is 0 Å². The predicted octanol–water partition coefficient (Wildman–Crippen LogP) is 2.67. The van der Waals surface area contributed by atoms with Gasteiger partial charge in [-0.05, 0) is 40.3 Å². The Morgan fingerprint density at radius 3 is 2.00 bits per heavy atom. The normalized spacial score (nSPS) is 10.3. The van der Waals surface area contributed by atoms with Gasteiger partial charge in [0.25, 0.3) is 0 Å². The van der Waals surface area contributed by atoms with Crippen molar-refractivity contribution in [3.05, 3.63) is 46.8 Å². The van der Waals surface area contributed by atoms with Crippen LogP contribution in [-0.2, 0) is 22.4 Å². The highest BCUT2D eigenvalue weighted by atomic mass is 32.1. The molecule has 5 heteroatoms. The number of aliphatic carboxylic acids is 2. The highest BCUT2D eigenvalue weighted by Gasteiger charge is 2.09. The number of hydrogen-bond donors (Lipinski definition) is 2. The van der Waals surface area contributed by atoms with Crippen molar-refractivity contribution in [3.8, 4) is 10.4 Å². The number of rotatable bonds is 5. The van der Waals surface area contributed by atoms with Crippen LogP contribution in [0, 0.1) is 0 Å². The van der Waals surface area contributed by atoms with Crippen LogP contribution in [0.5, 0.6) is 0 Å². The first-order valence-electron chi connectivity index (χ1n) is 5.65. The summed E-state index contributed by atoms with van der Waals surface area (Å²) in [6.07, 6.45) is -0.211. The third-order valence-electron chi connectivity index (χ3n) is 2.57. The molecule has 0 saturated heterocycles. The molecule has 19 heavy (non-hydrogen) atoms. The molecule has 0 bridgehead atoms. The van der Waals surface area contributed by atoms with Crippen LogP contribution < -0.4 is 0 Å². The molecule has 0 aliphatic rings. The highest BCUT2D eigenvalue weighted by molar-refractivity contribution is 7.13. The number of thiophene rings is 1. The van der Waals surface area contributed by atoms with Crippen LogP contribution in [0.3, 0.4) is 0 Å². The smallest absolute Gasteiger partial charge is 0.307 e. The lowest BCUT2D eigenvalue weighted by Gasteiger charge is -2.06. The van der Waals surface area contributed by atoms with E-state index in [1.54, 1.807) is 18.2 Å². The van der Waals surface area contributed by atoms with Crippen molar-refractivity contribution < 1.29 is 19.8 Å². The van der Waals surface area contributed by atoms with Crippen LogP contribution in [0.25, 0.3) is 10.4 Å². The Morgan fingerprint density at radius 1 is 1.00 bits per heavy atom. The molecule has 0 saturated carbocycles. The monoisotopic (exact) mass is 276 g/mol. The van der Waals surface area contributed by atoms with Crippen LogP contribution >= 0.6 is 11.3 Å². The third kappa shape index (κ3) is 3.66. The average Bonchev–Trinajstić information content (AvgIpc) is 2.79. The molecule has 2 aromatic rings. The standard InChI is InChI=1S/C14H12O4S/c15-13(16)7-9-4-10(8-14(17)18)6-11(5-9)12-2-1-3-19-12/h1-6H,7-8H2,(H,15,16)(H,17,18). The lowest BCUT2D eigenvalue weighted by atomic mass is 10.0. The van der Waals surface area contributed by atoms with E-state index < -0.39 is 11.9 Å². The maximum absolute atomic E-state index is 10.8. The van der Waals surface area contributed by atoms with Crippen molar-refractivity contribution in [2.75, 3.05) is 0 Å². The summed E-state index contributed by atoms with van der Waals surface area (Å²) in [4.78, 5) is 22.6.